The highest BCUT2D eigenvalue weighted by molar-refractivity contribution is 8.00. The second kappa shape index (κ2) is 8.53. The predicted molar refractivity (Wildman–Crippen MR) is 103 cm³/mol. The van der Waals surface area contributed by atoms with Gasteiger partial charge in [-0.2, -0.15) is 4.68 Å². The zero-order chi connectivity index (χ0) is 20.1. The maximum atomic E-state index is 12.4. The van der Waals surface area contributed by atoms with Crippen LogP contribution in [0.1, 0.15) is 17.3 Å². The van der Waals surface area contributed by atoms with Crippen LogP contribution in [-0.2, 0) is 4.79 Å². The Balaban J connectivity index is 1.67. The number of aromatic carboxylic acids is 1. The van der Waals surface area contributed by atoms with E-state index in [9.17, 15) is 9.59 Å². The number of thioether (sulfide) groups is 1. The van der Waals surface area contributed by atoms with E-state index in [2.05, 4.69) is 20.8 Å². The lowest BCUT2D eigenvalue weighted by atomic mass is 10.2. The van der Waals surface area contributed by atoms with Gasteiger partial charge in [0.1, 0.15) is 5.75 Å². The average molecular weight is 399 g/mol. The first-order valence-electron chi connectivity index (χ1n) is 8.21. The highest BCUT2D eigenvalue weighted by atomic mass is 32.2. The van der Waals surface area contributed by atoms with E-state index in [1.165, 1.54) is 28.6 Å². The summed E-state index contributed by atoms with van der Waals surface area (Å²) >= 11 is 1.21. The molecule has 0 unspecified atom stereocenters. The highest BCUT2D eigenvalue weighted by Gasteiger charge is 2.19. The largest absolute Gasteiger partial charge is 0.497 e. The molecule has 28 heavy (non-hydrogen) atoms. The van der Waals surface area contributed by atoms with Crippen LogP contribution < -0.4 is 10.1 Å². The number of hydrogen-bond donors (Lipinski definition) is 2. The summed E-state index contributed by atoms with van der Waals surface area (Å²) in [6.07, 6.45) is 0. The lowest BCUT2D eigenvalue weighted by molar-refractivity contribution is -0.115. The van der Waals surface area contributed by atoms with Crippen LogP contribution in [0.15, 0.2) is 53.7 Å². The third-order valence-electron chi connectivity index (χ3n) is 3.81. The number of ether oxygens (including phenoxy) is 1. The molecule has 1 aromatic heterocycles. The Labute approximate surface area is 164 Å². The molecular formula is C18H17N5O4S. The van der Waals surface area contributed by atoms with Crippen molar-refractivity contribution in [3.8, 4) is 11.4 Å². The number of nitrogens with zero attached hydrogens (tertiary/aromatic N) is 4. The molecule has 3 aromatic rings. The smallest absolute Gasteiger partial charge is 0.335 e. The highest BCUT2D eigenvalue weighted by Crippen LogP contribution is 2.25. The van der Waals surface area contributed by atoms with E-state index in [-0.39, 0.29) is 11.5 Å². The zero-order valence-electron chi connectivity index (χ0n) is 15.1. The fourth-order valence-corrected chi connectivity index (χ4v) is 3.10. The van der Waals surface area contributed by atoms with Crippen LogP contribution in [-0.4, -0.2) is 49.6 Å². The topological polar surface area (TPSA) is 119 Å². The maximum absolute atomic E-state index is 12.4. The van der Waals surface area contributed by atoms with E-state index in [1.807, 2.05) is 12.1 Å². The van der Waals surface area contributed by atoms with Gasteiger partial charge in [-0.25, -0.2) is 4.79 Å². The van der Waals surface area contributed by atoms with Gasteiger partial charge in [0.2, 0.25) is 11.1 Å². The van der Waals surface area contributed by atoms with Gasteiger partial charge in [-0.15, -0.1) is 5.10 Å². The number of amides is 1. The second-order valence-corrected chi connectivity index (χ2v) is 7.01. The van der Waals surface area contributed by atoms with Gasteiger partial charge >= 0.3 is 5.97 Å². The molecule has 0 bridgehead atoms. The molecule has 2 aromatic carbocycles. The second-order valence-electron chi connectivity index (χ2n) is 5.70. The van der Waals surface area contributed by atoms with Crippen LogP contribution >= 0.6 is 11.8 Å². The SMILES string of the molecule is COc1ccc(-n2nnnc2S[C@@H](C)C(=O)Nc2ccc(C(=O)O)cc2)cc1. The number of carboxylic acid groups (broad SMARTS) is 1. The van der Waals surface area contributed by atoms with Gasteiger partial charge in [-0.05, 0) is 65.9 Å². The molecule has 0 aliphatic heterocycles. The van der Waals surface area contributed by atoms with E-state index in [4.69, 9.17) is 9.84 Å². The number of methoxy groups -OCH3 is 1. The zero-order valence-corrected chi connectivity index (χ0v) is 15.9. The fourth-order valence-electron chi connectivity index (χ4n) is 2.29. The fraction of sp³-hybridized carbons (Fsp3) is 0.167. The summed E-state index contributed by atoms with van der Waals surface area (Å²) in [4.78, 5) is 23.3. The van der Waals surface area contributed by atoms with Crippen molar-refractivity contribution in [3.05, 3.63) is 54.1 Å². The number of rotatable bonds is 7. The molecule has 10 heteroatoms. The molecule has 0 radical (unpaired) electrons. The van der Waals surface area contributed by atoms with Crippen LogP contribution in [0, 0.1) is 0 Å². The Bertz CT molecular complexity index is 972. The van der Waals surface area contributed by atoms with E-state index in [0.717, 1.165) is 5.69 Å². The molecule has 9 nitrogen and oxygen atoms in total. The molecule has 0 spiro atoms. The number of carbonyl (C=O) groups is 2. The molecule has 1 atom stereocenters. The van der Waals surface area contributed by atoms with Gasteiger partial charge < -0.3 is 15.2 Å². The van der Waals surface area contributed by atoms with E-state index >= 15 is 0 Å². The summed E-state index contributed by atoms with van der Waals surface area (Å²) in [5.41, 5.74) is 1.40. The number of hydrogen-bond acceptors (Lipinski definition) is 7. The summed E-state index contributed by atoms with van der Waals surface area (Å²) in [5.74, 6) is -0.558. The average Bonchev–Trinajstić information content (AvgIpc) is 3.16. The molecular weight excluding hydrogens is 382 g/mol. The van der Waals surface area contributed by atoms with Gasteiger partial charge in [-0.1, -0.05) is 11.8 Å². The van der Waals surface area contributed by atoms with Gasteiger partial charge in [0.05, 0.1) is 23.6 Å². The van der Waals surface area contributed by atoms with Crippen LogP contribution in [0.2, 0.25) is 0 Å². The van der Waals surface area contributed by atoms with Crippen molar-refractivity contribution < 1.29 is 19.4 Å². The number of carbonyl (C=O) groups excluding carboxylic acids is 1. The molecule has 3 rings (SSSR count). The third kappa shape index (κ3) is 4.46. The molecule has 0 saturated carbocycles. The van der Waals surface area contributed by atoms with Gasteiger partial charge in [-0.3, -0.25) is 4.79 Å². The van der Waals surface area contributed by atoms with E-state index in [1.54, 1.807) is 38.3 Å². The minimum absolute atomic E-state index is 0.152. The van der Waals surface area contributed by atoms with Gasteiger partial charge in [0, 0.05) is 5.69 Å². The normalized spacial score (nSPS) is 11.6. The molecule has 2 N–H and O–H groups in total. The van der Waals surface area contributed by atoms with Crippen molar-refractivity contribution in [2.75, 3.05) is 12.4 Å². The minimum Gasteiger partial charge on any atom is -0.497 e. The quantitative estimate of drug-likeness (QED) is 0.582. The maximum Gasteiger partial charge on any atom is 0.335 e. The number of benzene rings is 2. The first-order chi connectivity index (χ1) is 13.5. The number of nitrogens with one attached hydrogen (secondary N) is 1. The predicted octanol–water partition coefficient (Wildman–Crippen LogP) is 2.49. The lowest BCUT2D eigenvalue weighted by Gasteiger charge is -2.12. The number of anilines is 1. The van der Waals surface area contributed by atoms with Crippen molar-refractivity contribution in [2.24, 2.45) is 0 Å². The minimum atomic E-state index is -1.02. The number of aromatic nitrogens is 4. The Morgan fingerprint density at radius 3 is 2.43 bits per heavy atom. The Hall–Kier alpha value is -3.40. The third-order valence-corrected chi connectivity index (χ3v) is 4.84. The Morgan fingerprint density at radius 1 is 1.14 bits per heavy atom. The molecule has 1 heterocycles. The van der Waals surface area contributed by atoms with Crippen LogP contribution in [0.3, 0.4) is 0 Å². The first kappa shape index (κ1) is 19.4. The molecule has 0 saturated heterocycles. The van der Waals surface area contributed by atoms with Crippen molar-refractivity contribution in [3.63, 3.8) is 0 Å². The molecule has 144 valence electrons. The van der Waals surface area contributed by atoms with Crippen LogP contribution in [0.5, 0.6) is 5.75 Å². The molecule has 0 fully saturated rings. The van der Waals surface area contributed by atoms with Crippen molar-refractivity contribution in [2.45, 2.75) is 17.3 Å². The van der Waals surface area contributed by atoms with Crippen molar-refractivity contribution in [1.82, 2.24) is 20.2 Å². The summed E-state index contributed by atoms with van der Waals surface area (Å²) in [6.45, 7) is 1.73. The van der Waals surface area contributed by atoms with E-state index in [0.29, 0.717) is 16.6 Å². The summed E-state index contributed by atoms with van der Waals surface area (Å²) in [5, 5.41) is 23.3. The number of tetrazole rings is 1. The van der Waals surface area contributed by atoms with Gasteiger partial charge in [0.25, 0.3) is 0 Å². The molecule has 1 amide bonds. The monoisotopic (exact) mass is 399 g/mol. The number of carboxylic acids is 1. The Morgan fingerprint density at radius 2 is 1.82 bits per heavy atom. The van der Waals surface area contributed by atoms with E-state index < -0.39 is 11.2 Å². The summed E-state index contributed by atoms with van der Waals surface area (Å²) < 4.78 is 6.68. The van der Waals surface area contributed by atoms with Crippen LogP contribution in [0.4, 0.5) is 5.69 Å². The standard InChI is InChI=1S/C18H17N5O4S/c1-11(16(24)19-13-5-3-12(4-6-13)17(25)26)28-18-20-21-22-23(18)14-7-9-15(27-2)10-8-14/h3-11H,1-2H3,(H,19,24)(H,25,26)/t11-/m0/s1. The van der Waals surface area contributed by atoms with Crippen LogP contribution in [0.25, 0.3) is 5.69 Å². The molecule has 0 aliphatic carbocycles. The van der Waals surface area contributed by atoms with Crippen molar-refractivity contribution >= 4 is 29.3 Å². The molecule has 0 aliphatic rings. The summed E-state index contributed by atoms with van der Waals surface area (Å²) in [7, 11) is 1.59. The first-order valence-corrected chi connectivity index (χ1v) is 9.09. The van der Waals surface area contributed by atoms with Crippen molar-refractivity contribution in [1.29, 1.82) is 0 Å². The lowest BCUT2D eigenvalue weighted by Crippen LogP contribution is -2.23. The Kier molecular flexibility index (Phi) is 5.90. The van der Waals surface area contributed by atoms with Gasteiger partial charge in [0.15, 0.2) is 0 Å². The summed E-state index contributed by atoms with van der Waals surface area (Å²) in [6, 6.07) is 13.2.